The molecule has 0 fully saturated rings. The van der Waals surface area contributed by atoms with Crippen molar-refractivity contribution in [1.82, 2.24) is 4.57 Å². The minimum absolute atomic E-state index is 0.255. The summed E-state index contributed by atoms with van der Waals surface area (Å²) in [6, 6.07) is 14.7. The highest BCUT2D eigenvalue weighted by molar-refractivity contribution is 6.07. The fourth-order valence-corrected chi connectivity index (χ4v) is 2.76. The van der Waals surface area contributed by atoms with Gasteiger partial charge in [-0.3, -0.25) is 9.36 Å². The lowest BCUT2D eigenvalue weighted by Gasteiger charge is -2.16. The van der Waals surface area contributed by atoms with E-state index in [4.69, 9.17) is 9.47 Å². The number of esters is 1. The number of benzene rings is 2. The number of nitrogens with zero attached hydrogens (tertiary/aromatic N) is 1. The van der Waals surface area contributed by atoms with Crippen LogP contribution < -0.4 is 4.74 Å². The molecule has 128 valence electrons. The van der Waals surface area contributed by atoms with Crippen molar-refractivity contribution in [2.75, 3.05) is 7.11 Å². The number of carbonyl (C=O) groups is 2. The van der Waals surface area contributed by atoms with Crippen LogP contribution in [0.15, 0.2) is 54.7 Å². The lowest BCUT2D eigenvalue weighted by atomic mass is 10.2. The molecule has 0 aliphatic carbocycles. The summed E-state index contributed by atoms with van der Waals surface area (Å²) in [5.41, 5.74) is 1.96. The maximum Gasteiger partial charge on any atom is 0.340 e. The summed E-state index contributed by atoms with van der Waals surface area (Å²) in [6.45, 7) is 3.62. The number of ether oxygens (including phenoxy) is 2. The van der Waals surface area contributed by atoms with E-state index in [1.54, 1.807) is 19.1 Å². The van der Waals surface area contributed by atoms with Gasteiger partial charge in [0.15, 0.2) is 6.10 Å². The van der Waals surface area contributed by atoms with Gasteiger partial charge in [-0.2, -0.15) is 0 Å². The fraction of sp³-hybridized carbons (Fsp3) is 0.200. The van der Waals surface area contributed by atoms with Crippen LogP contribution in [0, 0.1) is 6.92 Å². The maximum absolute atomic E-state index is 12.9. The van der Waals surface area contributed by atoms with Gasteiger partial charge in [-0.15, -0.1) is 0 Å². The molecule has 1 heterocycles. The molecule has 0 saturated carbocycles. The molecule has 0 radical (unpaired) electrons. The number of hydrogen-bond donors (Lipinski definition) is 0. The zero-order valence-electron chi connectivity index (χ0n) is 14.4. The van der Waals surface area contributed by atoms with Crippen LogP contribution in [0.4, 0.5) is 0 Å². The first-order valence-electron chi connectivity index (χ1n) is 7.98. The molecule has 0 aliphatic rings. The molecule has 0 amide bonds. The Morgan fingerprint density at radius 3 is 2.44 bits per heavy atom. The lowest BCUT2D eigenvalue weighted by molar-refractivity contribution is 0.0602. The van der Waals surface area contributed by atoms with Crippen LogP contribution in [0.3, 0.4) is 0 Å². The van der Waals surface area contributed by atoms with E-state index in [0.29, 0.717) is 22.2 Å². The molecule has 3 aromatic rings. The van der Waals surface area contributed by atoms with E-state index in [-0.39, 0.29) is 5.91 Å². The van der Waals surface area contributed by atoms with E-state index in [2.05, 4.69) is 0 Å². The van der Waals surface area contributed by atoms with Gasteiger partial charge >= 0.3 is 5.97 Å². The van der Waals surface area contributed by atoms with Crippen molar-refractivity contribution in [2.45, 2.75) is 20.0 Å². The summed E-state index contributed by atoms with van der Waals surface area (Å²) >= 11 is 0. The topological polar surface area (TPSA) is 57.5 Å². The number of aryl methyl sites for hydroxylation is 1. The predicted octanol–water partition coefficient (Wildman–Crippen LogP) is 3.84. The van der Waals surface area contributed by atoms with Crippen molar-refractivity contribution in [1.29, 1.82) is 0 Å². The maximum atomic E-state index is 12.9. The zero-order chi connectivity index (χ0) is 18.0. The van der Waals surface area contributed by atoms with Crippen LogP contribution in [0.5, 0.6) is 5.75 Å². The average molecular weight is 337 g/mol. The summed E-state index contributed by atoms with van der Waals surface area (Å²) in [6.07, 6.45) is 0.804. The van der Waals surface area contributed by atoms with Crippen LogP contribution in [0.2, 0.25) is 0 Å². The minimum atomic E-state index is -0.706. The normalized spacial score (nSPS) is 12.0. The van der Waals surface area contributed by atoms with E-state index >= 15 is 0 Å². The Hall–Kier alpha value is -3.08. The van der Waals surface area contributed by atoms with Gasteiger partial charge in [0.1, 0.15) is 5.75 Å². The third-order valence-corrected chi connectivity index (χ3v) is 4.10. The fourth-order valence-electron chi connectivity index (χ4n) is 2.76. The average Bonchev–Trinajstić information content (AvgIpc) is 3.02. The number of hydrogen-bond acceptors (Lipinski definition) is 4. The highest BCUT2D eigenvalue weighted by Crippen LogP contribution is 2.24. The van der Waals surface area contributed by atoms with E-state index in [0.717, 1.165) is 5.56 Å². The second kappa shape index (κ2) is 6.81. The third kappa shape index (κ3) is 3.13. The number of fused-ring (bicyclic) bond motifs is 1. The van der Waals surface area contributed by atoms with Gasteiger partial charge in [-0.1, -0.05) is 36.4 Å². The summed E-state index contributed by atoms with van der Waals surface area (Å²) in [7, 11) is 1.32. The van der Waals surface area contributed by atoms with Crippen molar-refractivity contribution in [2.24, 2.45) is 0 Å². The smallest absolute Gasteiger partial charge is 0.340 e. The Morgan fingerprint density at radius 2 is 1.72 bits per heavy atom. The molecule has 2 aromatic carbocycles. The van der Waals surface area contributed by atoms with Gasteiger partial charge < -0.3 is 9.47 Å². The first kappa shape index (κ1) is 16.8. The molecule has 0 unspecified atom stereocenters. The van der Waals surface area contributed by atoms with Crippen molar-refractivity contribution in [3.63, 3.8) is 0 Å². The SMILES string of the molecule is COC(=O)c1cn(C(=O)[C@@H](C)Oc2ccccc2C)c2ccccc12. The predicted molar refractivity (Wildman–Crippen MR) is 95.2 cm³/mol. The number of para-hydroxylation sites is 2. The molecule has 0 bridgehead atoms. The Labute approximate surface area is 145 Å². The van der Waals surface area contributed by atoms with Crippen LogP contribution in [0.1, 0.15) is 27.6 Å². The molecule has 0 spiro atoms. The molecular formula is C20H19NO4. The van der Waals surface area contributed by atoms with Crippen molar-refractivity contribution in [3.8, 4) is 5.75 Å². The Kier molecular flexibility index (Phi) is 4.57. The molecule has 0 saturated heterocycles. The second-order valence-corrected chi connectivity index (χ2v) is 5.79. The van der Waals surface area contributed by atoms with Gasteiger partial charge in [0.25, 0.3) is 5.91 Å². The van der Waals surface area contributed by atoms with E-state index in [9.17, 15) is 9.59 Å². The standard InChI is InChI=1S/C20H19NO4/c1-13-8-4-7-11-18(13)25-14(2)19(22)21-12-16(20(23)24-3)15-9-5-6-10-17(15)21/h4-12,14H,1-3H3/t14-/m1/s1. The highest BCUT2D eigenvalue weighted by Gasteiger charge is 2.23. The number of rotatable bonds is 4. The monoisotopic (exact) mass is 337 g/mol. The van der Waals surface area contributed by atoms with Gasteiger partial charge in [0.05, 0.1) is 18.2 Å². The van der Waals surface area contributed by atoms with Crippen molar-refractivity contribution < 1.29 is 19.1 Å². The summed E-state index contributed by atoms with van der Waals surface area (Å²) < 4.78 is 12.1. The van der Waals surface area contributed by atoms with Crippen molar-refractivity contribution >= 4 is 22.8 Å². The Morgan fingerprint density at radius 1 is 1.04 bits per heavy atom. The first-order chi connectivity index (χ1) is 12.0. The summed E-state index contributed by atoms with van der Waals surface area (Å²) in [5, 5.41) is 0.672. The molecule has 25 heavy (non-hydrogen) atoms. The number of methoxy groups -OCH3 is 1. The van der Waals surface area contributed by atoms with Gasteiger partial charge in [0.2, 0.25) is 0 Å². The van der Waals surface area contributed by atoms with Crippen LogP contribution in [-0.4, -0.2) is 29.7 Å². The summed E-state index contributed by atoms with van der Waals surface area (Å²) in [4.78, 5) is 24.9. The van der Waals surface area contributed by atoms with E-state index in [1.165, 1.54) is 17.9 Å². The van der Waals surface area contributed by atoms with Gasteiger partial charge in [0, 0.05) is 11.6 Å². The largest absolute Gasteiger partial charge is 0.481 e. The first-order valence-corrected chi connectivity index (χ1v) is 7.98. The molecular weight excluding hydrogens is 318 g/mol. The molecule has 5 nitrogen and oxygen atoms in total. The number of carbonyl (C=O) groups excluding carboxylic acids is 2. The molecule has 0 aliphatic heterocycles. The molecule has 1 atom stereocenters. The Balaban J connectivity index is 1.97. The third-order valence-electron chi connectivity index (χ3n) is 4.10. The van der Waals surface area contributed by atoms with Gasteiger partial charge in [-0.05, 0) is 31.5 Å². The summed E-state index contributed by atoms with van der Waals surface area (Å²) in [5.74, 6) is -0.0714. The lowest BCUT2D eigenvalue weighted by Crippen LogP contribution is -2.29. The van der Waals surface area contributed by atoms with E-state index < -0.39 is 12.1 Å². The second-order valence-electron chi connectivity index (χ2n) is 5.79. The van der Waals surface area contributed by atoms with E-state index in [1.807, 2.05) is 43.3 Å². The molecule has 0 N–H and O–H groups in total. The quantitative estimate of drug-likeness (QED) is 0.679. The molecule has 5 heteroatoms. The van der Waals surface area contributed by atoms with Crippen LogP contribution in [-0.2, 0) is 4.74 Å². The number of aromatic nitrogens is 1. The molecule has 3 rings (SSSR count). The zero-order valence-corrected chi connectivity index (χ0v) is 14.4. The van der Waals surface area contributed by atoms with Gasteiger partial charge in [-0.25, -0.2) is 4.79 Å². The van der Waals surface area contributed by atoms with Crippen LogP contribution >= 0.6 is 0 Å². The minimum Gasteiger partial charge on any atom is -0.481 e. The molecule has 1 aromatic heterocycles. The van der Waals surface area contributed by atoms with Crippen LogP contribution in [0.25, 0.3) is 10.9 Å². The van der Waals surface area contributed by atoms with Crippen molar-refractivity contribution in [3.05, 3.63) is 65.9 Å². The Bertz CT molecular complexity index is 942. The highest BCUT2D eigenvalue weighted by atomic mass is 16.5.